The zero-order valence-electron chi connectivity index (χ0n) is 10.4. The minimum Gasteiger partial charge on any atom is -0.451 e. The maximum atomic E-state index is 12.0. The zero-order valence-corrected chi connectivity index (χ0v) is 12.6. The summed E-state index contributed by atoms with van der Waals surface area (Å²) < 4.78 is 11.8. The number of hydrogen-bond acceptors (Lipinski definition) is 3. The zero-order chi connectivity index (χ0) is 13.1. The molecule has 1 aromatic heterocycles. The van der Waals surface area contributed by atoms with E-state index in [4.69, 9.17) is 9.15 Å². The summed E-state index contributed by atoms with van der Waals surface area (Å²) in [6, 6.07) is 3.71. The Morgan fingerprint density at radius 1 is 1.39 bits per heavy atom. The van der Waals surface area contributed by atoms with E-state index in [1.807, 2.05) is 30.9 Å². The first-order chi connectivity index (χ1) is 8.54. The van der Waals surface area contributed by atoms with Crippen LogP contribution in [0.4, 0.5) is 0 Å². The molecule has 5 heteroatoms. The molecule has 0 aromatic carbocycles. The number of halogens is 1. The van der Waals surface area contributed by atoms with Crippen molar-refractivity contribution in [2.75, 3.05) is 13.1 Å². The molecule has 0 aliphatic carbocycles. The van der Waals surface area contributed by atoms with E-state index in [2.05, 4.69) is 22.6 Å². The molecule has 0 spiro atoms. The monoisotopic (exact) mass is 361 g/mol. The standard InChI is InChI=1S/C13H16INO3/c1-9-7-15(8-10(2)17-9)13(16)6-4-11-3-5-12(14)18-11/h3-6,9-10H,7-8H2,1-2H3/b6-4+. The molecular weight excluding hydrogens is 345 g/mol. The molecule has 1 aromatic rings. The molecule has 1 amide bonds. The highest BCUT2D eigenvalue weighted by molar-refractivity contribution is 14.1. The predicted octanol–water partition coefficient (Wildman–Crippen LogP) is 2.53. The Morgan fingerprint density at radius 3 is 2.61 bits per heavy atom. The number of rotatable bonds is 2. The third-order valence-electron chi connectivity index (χ3n) is 2.72. The molecule has 2 rings (SSSR count). The van der Waals surface area contributed by atoms with E-state index in [0.29, 0.717) is 18.8 Å². The largest absolute Gasteiger partial charge is 0.451 e. The Morgan fingerprint density at radius 2 is 2.06 bits per heavy atom. The highest BCUT2D eigenvalue weighted by Crippen LogP contribution is 2.13. The number of morpholine rings is 1. The molecule has 2 atom stereocenters. The lowest BCUT2D eigenvalue weighted by Crippen LogP contribution is -2.47. The SMILES string of the molecule is CC1CN(C(=O)/C=C/c2ccc(I)o2)CC(C)O1. The van der Waals surface area contributed by atoms with Gasteiger partial charge in [0, 0.05) is 19.2 Å². The average molecular weight is 361 g/mol. The summed E-state index contributed by atoms with van der Waals surface area (Å²) in [6.07, 6.45) is 3.45. The second-order valence-electron chi connectivity index (χ2n) is 4.48. The van der Waals surface area contributed by atoms with Gasteiger partial charge < -0.3 is 14.1 Å². The normalized spacial score (nSPS) is 24.7. The van der Waals surface area contributed by atoms with Crippen LogP contribution in [0, 0.1) is 3.77 Å². The van der Waals surface area contributed by atoms with Crippen LogP contribution in [0.15, 0.2) is 22.6 Å². The van der Waals surface area contributed by atoms with Gasteiger partial charge in [-0.25, -0.2) is 0 Å². The molecule has 0 N–H and O–H groups in total. The molecule has 1 saturated heterocycles. The van der Waals surface area contributed by atoms with Gasteiger partial charge >= 0.3 is 0 Å². The van der Waals surface area contributed by atoms with E-state index in [0.717, 1.165) is 3.77 Å². The first-order valence-electron chi connectivity index (χ1n) is 5.92. The van der Waals surface area contributed by atoms with Gasteiger partial charge in [0.05, 0.1) is 12.2 Å². The minimum atomic E-state index is 0.00316. The molecule has 18 heavy (non-hydrogen) atoms. The fourth-order valence-corrected chi connectivity index (χ4v) is 2.47. The molecule has 2 unspecified atom stereocenters. The van der Waals surface area contributed by atoms with E-state index in [1.165, 1.54) is 0 Å². The van der Waals surface area contributed by atoms with Crippen LogP contribution in [0.25, 0.3) is 6.08 Å². The van der Waals surface area contributed by atoms with Crippen LogP contribution in [0.5, 0.6) is 0 Å². The fraction of sp³-hybridized carbons (Fsp3) is 0.462. The van der Waals surface area contributed by atoms with Crippen molar-refractivity contribution in [3.05, 3.63) is 27.7 Å². The number of nitrogens with zero attached hydrogens (tertiary/aromatic N) is 1. The van der Waals surface area contributed by atoms with Crippen molar-refractivity contribution >= 4 is 34.6 Å². The van der Waals surface area contributed by atoms with Gasteiger partial charge in [0.25, 0.3) is 0 Å². The summed E-state index contributed by atoms with van der Waals surface area (Å²) in [5.74, 6) is 0.700. The fourth-order valence-electron chi connectivity index (χ4n) is 2.03. The summed E-state index contributed by atoms with van der Waals surface area (Å²) in [6.45, 7) is 5.25. The van der Waals surface area contributed by atoms with Gasteiger partial charge in [-0.2, -0.15) is 0 Å². The van der Waals surface area contributed by atoms with Gasteiger partial charge in [-0.15, -0.1) is 0 Å². The summed E-state index contributed by atoms with van der Waals surface area (Å²) in [7, 11) is 0. The third kappa shape index (κ3) is 3.58. The molecular formula is C13H16INO3. The van der Waals surface area contributed by atoms with Crippen LogP contribution in [0.3, 0.4) is 0 Å². The first kappa shape index (κ1) is 13.6. The van der Waals surface area contributed by atoms with E-state index >= 15 is 0 Å². The number of ether oxygens (including phenoxy) is 1. The topological polar surface area (TPSA) is 42.7 Å². The second-order valence-corrected chi connectivity index (χ2v) is 5.54. The van der Waals surface area contributed by atoms with Crippen molar-refractivity contribution in [2.24, 2.45) is 0 Å². The molecule has 0 radical (unpaired) electrons. The summed E-state index contributed by atoms with van der Waals surface area (Å²) in [5, 5.41) is 0. The molecule has 1 fully saturated rings. The number of carbonyl (C=O) groups is 1. The molecule has 1 aliphatic rings. The maximum Gasteiger partial charge on any atom is 0.246 e. The van der Waals surface area contributed by atoms with Crippen LogP contribution >= 0.6 is 22.6 Å². The second kappa shape index (κ2) is 5.88. The van der Waals surface area contributed by atoms with Crippen LogP contribution < -0.4 is 0 Å². The Hall–Kier alpha value is -0.820. The Labute approximate surface area is 120 Å². The lowest BCUT2D eigenvalue weighted by atomic mass is 10.2. The highest BCUT2D eigenvalue weighted by atomic mass is 127. The van der Waals surface area contributed by atoms with Crippen molar-refractivity contribution in [1.29, 1.82) is 0 Å². The van der Waals surface area contributed by atoms with Gasteiger partial charge in [-0.05, 0) is 54.6 Å². The number of carbonyl (C=O) groups excluding carboxylic acids is 1. The van der Waals surface area contributed by atoms with E-state index < -0.39 is 0 Å². The van der Waals surface area contributed by atoms with Gasteiger partial charge in [0.2, 0.25) is 5.91 Å². The number of hydrogen-bond donors (Lipinski definition) is 0. The van der Waals surface area contributed by atoms with Crippen molar-refractivity contribution in [2.45, 2.75) is 26.1 Å². The quantitative estimate of drug-likeness (QED) is 0.601. The van der Waals surface area contributed by atoms with Crippen LogP contribution in [0.1, 0.15) is 19.6 Å². The number of furan rings is 1. The van der Waals surface area contributed by atoms with Gasteiger partial charge in [-0.1, -0.05) is 0 Å². The lowest BCUT2D eigenvalue weighted by Gasteiger charge is -2.34. The lowest BCUT2D eigenvalue weighted by molar-refractivity contribution is -0.137. The van der Waals surface area contributed by atoms with Crippen molar-refractivity contribution in [3.63, 3.8) is 0 Å². The molecule has 4 nitrogen and oxygen atoms in total. The Kier molecular flexibility index (Phi) is 4.45. The van der Waals surface area contributed by atoms with E-state index in [1.54, 1.807) is 12.2 Å². The van der Waals surface area contributed by atoms with Gasteiger partial charge in [-0.3, -0.25) is 4.79 Å². The Bertz CT molecular complexity index is 445. The average Bonchev–Trinajstić information content (AvgIpc) is 2.70. The van der Waals surface area contributed by atoms with Crippen LogP contribution in [0.2, 0.25) is 0 Å². The van der Waals surface area contributed by atoms with Gasteiger partial charge in [0.15, 0.2) is 3.77 Å². The van der Waals surface area contributed by atoms with E-state index in [9.17, 15) is 4.79 Å². The molecule has 0 saturated carbocycles. The number of amides is 1. The van der Waals surface area contributed by atoms with Crippen molar-refractivity contribution < 1.29 is 13.9 Å². The molecule has 98 valence electrons. The van der Waals surface area contributed by atoms with Crippen LogP contribution in [-0.2, 0) is 9.53 Å². The first-order valence-corrected chi connectivity index (χ1v) is 7.00. The van der Waals surface area contributed by atoms with Crippen molar-refractivity contribution in [1.82, 2.24) is 4.90 Å². The van der Waals surface area contributed by atoms with Crippen LogP contribution in [-0.4, -0.2) is 36.1 Å². The Balaban J connectivity index is 1.97. The smallest absolute Gasteiger partial charge is 0.246 e. The molecule has 1 aliphatic heterocycles. The minimum absolute atomic E-state index is 0.00316. The summed E-state index contributed by atoms with van der Waals surface area (Å²) in [4.78, 5) is 13.8. The maximum absolute atomic E-state index is 12.0. The van der Waals surface area contributed by atoms with Crippen molar-refractivity contribution in [3.8, 4) is 0 Å². The molecule has 0 bridgehead atoms. The highest BCUT2D eigenvalue weighted by Gasteiger charge is 2.24. The van der Waals surface area contributed by atoms with Gasteiger partial charge in [0.1, 0.15) is 5.76 Å². The summed E-state index contributed by atoms with van der Waals surface area (Å²) in [5.41, 5.74) is 0. The summed E-state index contributed by atoms with van der Waals surface area (Å²) >= 11 is 2.09. The molecule has 2 heterocycles. The third-order valence-corrected chi connectivity index (χ3v) is 3.30. The predicted molar refractivity (Wildman–Crippen MR) is 77.0 cm³/mol. The van der Waals surface area contributed by atoms with E-state index in [-0.39, 0.29) is 18.1 Å².